The molecule has 2 saturated heterocycles. The van der Waals surface area contributed by atoms with Crippen LogP contribution in [0.25, 0.3) is 0 Å². The zero-order valence-corrected chi connectivity index (χ0v) is 23.0. The van der Waals surface area contributed by atoms with E-state index in [1.165, 1.54) is 37.7 Å². The van der Waals surface area contributed by atoms with Crippen molar-refractivity contribution in [3.8, 4) is 11.5 Å². The number of carbonyl (C=O) groups is 2. The maximum absolute atomic E-state index is 13.6. The summed E-state index contributed by atoms with van der Waals surface area (Å²) in [5.74, 6) is 2.63. The Morgan fingerprint density at radius 2 is 1.53 bits per heavy atom. The molecule has 1 N–H and O–H groups in total. The van der Waals surface area contributed by atoms with Crippen LogP contribution < -0.4 is 10.1 Å². The summed E-state index contributed by atoms with van der Waals surface area (Å²) in [5.41, 5.74) is 1.25. The Morgan fingerprint density at radius 3 is 2.18 bits per heavy atom. The van der Waals surface area contributed by atoms with Crippen molar-refractivity contribution in [3.05, 3.63) is 60.2 Å². The van der Waals surface area contributed by atoms with Gasteiger partial charge >= 0.3 is 0 Å². The Balaban J connectivity index is 1.15. The van der Waals surface area contributed by atoms with Gasteiger partial charge in [-0.05, 0) is 87.9 Å². The first kappa shape index (κ1) is 26.7. The molecule has 2 aromatic carbocycles. The SMILES string of the molecule is CC(C)N1C(=O)[C@H](CC2CCCCC2)NC(=O)[C@@H]1C1CCN(Cc2ccc(Oc3ccccc3)cc2)CC1. The molecule has 204 valence electrons. The van der Waals surface area contributed by atoms with Crippen LogP contribution in [0.2, 0.25) is 0 Å². The predicted molar refractivity (Wildman–Crippen MR) is 150 cm³/mol. The number of nitrogens with zero attached hydrogens (tertiary/aromatic N) is 2. The molecule has 2 aliphatic heterocycles. The lowest BCUT2D eigenvalue weighted by Gasteiger charge is -2.47. The minimum absolute atomic E-state index is 0.0297. The topological polar surface area (TPSA) is 61.9 Å². The Hall–Kier alpha value is -2.86. The number of piperidine rings is 1. The number of hydrogen-bond donors (Lipinski definition) is 1. The van der Waals surface area contributed by atoms with Crippen molar-refractivity contribution in [2.75, 3.05) is 13.1 Å². The minimum atomic E-state index is -0.349. The van der Waals surface area contributed by atoms with Crippen LogP contribution in [0.5, 0.6) is 11.5 Å². The quantitative estimate of drug-likeness (QED) is 0.483. The number of amides is 2. The van der Waals surface area contributed by atoms with Gasteiger partial charge in [-0.2, -0.15) is 0 Å². The average Bonchev–Trinajstić information content (AvgIpc) is 2.93. The summed E-state index contributed by atoms with van der Waals surface area (Å²) in [5, 5.41) is 3.16. The van der Waals surface area contributed by atoms with Gasteiger partial charge in [0.25, 0.3) is 0 Å². The summed E-state index contributed by atoms with van der Waals surface area (Å²) in [7, 11) is 0. The van der Waals surface area contributed by atoms with Gasteiger partial charge in [-0.3, -0.25) is 14.5 Å². The Bertz CT molecular complexity index is 1060. The average molecular weight is 518 g/mol. The summed E-state index contributed by atoms with van der Waals surface area (Å²) < 4.78 is 5.92. The second-order valence-corrected chi connectivity index (χ2v) is 11.8. The molecule has 2 amide bonds. The van der Waals surface area contributed by atoms with Crippen molar-refractivity contribution in [2.24, 2.45) is 11.8 Å². The summed E-state index contributed by atoms with van der Waals surface area (Å²) in [6.45, 7) is 6.86. The first-order valence-electron chi connectivity index (χ1n) is 14.6. The van der Waals surface area contributed by atoms with Crippen molar-refractivity contribution in [2.45, 2.75) is 89.9 Å². The van der Waals surface area contributed by atoms with Gasteiger partial charge in [0, 0.05) is 12.6 Å². The van der Waals surface area contributed by atoms with E-state index in [1.54, 1.807) is 0 Å². The van der Waals surface area contributed by atoms with Crippen molar-refractivity contribution in [1.82, 2.24) is 15.1 Å². The van der Waals surface area contributed by atoms with Crippen LogP contribution in [0.15, 0.2) is 54.6 Å². The van der Waals surface area contributed by atoms with E-state index >= 15 is 0 Å². The van der Waals surface area contributed by atoms with Gasteiger partial charge in [-0.1, -0.05) is 62.4 Å². The zero-order chi connectivity index (χ0) is 26.5. The third kappa shape index (κ3) is 6.40. The van der Waals surface area contributed by atoms with Gasteiger partial charge in [-0.15, -0.1) is 0 Å². The van der Waals surface area contributed by atoms with Gasteiger partial charge in [0.15, 0.2) is 0 Å². The summed E-state index contributed by atoms with van der Waals surface area (Å²) in [4.78, 5) is 31.4. The lowest BCUT2D eigenvalue weighted by molar-refractivity contribution is -0.155. The van der Waals surface area contributed by atoms with Crippen LogP contribution in [0.4, 0.5) is 0 Å². The molecule has 2 heterocycles. The lowest BCUT2D eigenvalue weighted by Crippen LogP contribution is -2.67. The molecule has 1 aliphatic carbocycles. The number of para-hydroxylation sites is 1. The first-order chi connectivity index (χ1) is 18.5. The Morgan fingerprint density at radius 1 is 0.868 bits per heavy atom. The molecule has 0 unspecified atom stereocenters. The highest BCUT2D eigenvalue weighted by atomic mass is 16.5. The van der Waals surface area contributed by atoms with Crippen LogP contribution in [-0.4, -0.2) is 52.8 Å². The number of piperazine rings is 1. The largest absolute Gasteiger partial charge is 0.457 e. The van der Waals surface area contributed by atoms with E-state index in [4.69, 9.17) is 4.74 Å². The number of rotatable bonds is 8. The number of hydrogen-bond acceptors (Lipinski definition) is 4. The smallest absolute Gasteiger partial charge is 0.246 e. The number of benzene rings is 2. The predicted octanol–water partition coefficient (Wildman–Crippen LogP) is 5.77. The molecule has 2 aromatic rings. The normalized spacial score (nSPS) is 24.0. The molecule has 0 radical (unpaired) electrons. The lowest BCUT2D eigenvalue weighted by atomic mass is 9.81. The second kappa shape index (κ2) is 12.3. The van der Waals surface area contributed by atoms with E-state index in [0.29, 0.717) is 5.92 Å². The Labute approximate surface area is 227 Å². The molecule has 3 fully saturated rings. The highest BCUT2D eigenvalue weighted by Crippen LogP contribution is 2.33. The van der Waals surface area contributed by atoms with Crippen LogP contribution in [0, 0.1) is 11.8 Å². The fourth-order valence-corrected chi connectivity index (χ4v) is 6.67. The fourth-order valence-electron chi connectivity index (χ4n) is 6.67. The molecule has 38 heavy (non-hydrogen) atoms. The van der Waals surface area contributed by atoms with Gasteiger partial charge in [-0.25, -0.2) is 0 Å². The molecule has 6 nitrogen and oxygen atoms in total. The number of nitrogens with one attached hydrogen (secondary N) is 1. The maximum atomic E-state index is 13.6. The van der Waals surface area contributed by atoms with Crippen LogP contribution in [-0.2, 0) is 16.1 Å². The van der Waals surface area contributed by atoms with Gasteiger partial charge in [0.05, 0.1) is 0 Å². The van der Waals surface area contributed by atoms with Crippen LogP contribution >= 0.6 is 0 Å². The van der Waals surface area contributed by atoms with Crippen LogP contribution in [0.1, 0.15) is 70.8 Å². The van der Waals surface area contributed by atoms with Gasteiger partial charge in [0.1, 0.15) is 23.6 Å². The standard InChI is InChI=1S/C32H43N3O3/c1-23(2)35-30(31(36)33-29(32(35)37)21-24-9-5-3-6-10-24)26-17-19-34(20-18-26)22-25-13-15-28(16-14-25)38-27-11-7-4-8-12-27/h4,7-8,11-16,23-24,26,29-30H,3,5-6,9-10,17-22H2,1-2H3,(H,33,36)/t29-,30-/m0/s1. The number of ether oxygens (including phenoxy) is 1. The summed E-state index contributed by atoms with van der Waals surface area (Å²) >= 11 is 0. The van der Waals surface area contributed by atoms with E-state index < -0.39 is 0 Å². The van der Waals surface area contributed by atoms with Crippen molar-refractivity contribution >= 4 is 11.8 Å². The molecule has 6 heteroatoms. The molecule has 0 spiro atoms. The fraction of sp³-hybridized carbons (Fsp3) is 0.562. The number of carbonyl (C=O) groups excluding carboxylic acids is 2. The van der Waals surface area contributed by atoms with Crippen molar-refractivity contribution < 1.29 is 14.3 Å². The second-order valence-electron chi connectivity index (χ2n) is 11.8. The summed E-state index contributed by atoms with van der Waals surface area (Å²) in [6.07, 6.45) is 8.83. The van der Waals surface area contributed by atoms with E-state index in [-0.39, 0.29) is 35.9 Å². The van der Waals surface area contributed by atoms with Gasteiger partial charge < -0.3 is 15.0 Å². The minimum Gasteiger partial charge on any atom is -0.457 e. The highest BCUT2D eigenvalue weighted by molar-refractivity contribution is 5.97. The monoisotopic (exact) mass is 517 g/mol. The molecular formula is C32H43N3O3. The zero-order valence-electron chi connectivity index (χ0n) is 23.0. The Kier molecular flexibility index (Phi) is 8.68. The van der Waals surface area contributed by atoms with Gasteiger partial charge in [0.2, 0.25) is 11.8 Å². The van der Waals surface area contributed by atoms with E-state index in [9.17, 15) is 9.59 Å². The third-order valence-electron chi connectivity index (χ3n) is 8.67. The highest BCUT2D eigenvalue weighted by Gasteiger charge is 2.46. The van der Waals surface area contributed by atoms with Crippen molar-refractivity contribution in [1.29, 1.82) is 0 Å². The van der Waals surface area contributed by atoms with E-state index in [2.05, 4.69) is 36.2 Å². The van der Waals surface area contributed by atoms with Crippen LogP contribution in [0.3, 0.4) is 0 Å². The molecule has 0 aromatic heterocycles. The first-order valence-corrected chi connectivity index (χ1v) is 14.6. The maximum Gasteiger partial charge on any atom is 0.246 e. The molecule has 1 saturated carbocycles. The molecule has 2 atom stereocenters. The molecule has 5 rings (SSSR count). The summed E-state index contributed by atoms with van der Waals surface area (Å²) in [6, 6.07) is 17.5. The molecule has 0 bridgehead atoms. The van der Waals surface area contributed by atoms with E-state index in [1.807, 2.05) is 47.4 Å². The van der Waals surface area contributed by atoms with E-state index in [0.717, 1.165) is 50.4 Å². The number of likely N-dealkylation sites (tertiary alicyclic amines) is 1. The van der Waals surface area contributed by atoms with Crippen molar-refractivity contribution in [3.63, 3.8) is 0 Å². The third-order valence-corrected chi connectivity index (χ3v) is 8.67. The molecular weight excluding hydrogens is 474 g/mol. The molecule has 3 aliphatic rings.